The van der Waals surface area contributed by atoms with Gasteiger partial charge in [0, 0.05) is 5.56 Å². The summed E-state index contributed by atoms with van der Waals surface area (Å²) in [5.74, 6) is 1.23. The van der Waals surface area contributed by atoms with Gasteiger partial charge in [-0.1, -0.05) is 59.8 Å². The summed E-state index contributed by atoms with van der Waals surface area (Å²) in [7, 11) is 0. The smallest absolute Gasteiger partial charge is 0.241 e. The van der Waals surface area contributed by atoms with Gasteiger partial charge in [0.25, 0.3) is 0 Å². The van der Waals surface area contributed by atoms with Crippen molar-refractivity contribution in [1.29, 1.82) is 0 Å². The van der Waals surface area contributed by atoms with Crippen molar-refractivity contribution < 1.29 is 4.52 Å². The third-order valence-corrected chi connectivity index (χ3v) is 3.06. The molecule has 0 bridgehead atoms. The summed E-state index contributed by atoms with van der Waals surface area (Å²) in [4.78, 5) is 4.19. The van der Waals surface area contributed by atoms with Gasteiger partial charge in [-0.15, -0.1) is 11.6 Å². The Balaban J connectivity index is 1.90. The lowest BCUT2D eigenvalue weighted by atomic mass is 10.0. The van der Waals surface area contributed by atoms with E-state index < -0.39 is 0 Å². The van der Waals surface area contributed by atoms with Crippen molar-refractivity contribution in [2.75, 3.05) is 0 Å². The topological polar surface area (TPSA) is 38.9 Å². The van der Waals surface area contributed by atoms with Gasteiger partial charge in [0.15, 0.2) is 0 Å². The molecule has 19 heavy (non-hydrogen) atoms. The molecular formula is C15H11ClN2O. The summed E-state index contributed by atoms with van der Waals surface area (Å²) in [5.41, 5.74) is 3.26. The first-order valence-electron chi connectivity index (χ1n) is 5.91. The highest BCUT2D eigenvalue weighted by Gasteiger charge is 2.07. The Kier molecular flexibility index (Phi) is 3.29. The third-order valence-electron chi connectivity index (χ3n) is 2.83. The fourth-order valence-electron chi connectivity index (χ4n) is 1.87. The number of benzene rings is 2. The summed E-state index contributed by atoms with van der Waals surface area (Å²) in [6.45, 7) is 0. The SMILES string of the molecule is ClCc1nc(-c2ccc(-c3ccccc3)cc2)no1. The largest absolute Gasteiger partial charge is 0.338 e. The van der Waals surface area contributed by atoms with Crippen LogP contribution in [0.2, 0.25) is 0 Å². The van der Waals surface area contributed by atoms with E-state index >= 15 is 0 Å². The molecule has 3 aromatic rings. The Labute approximate surface area is 115 Å². The predicted molar refractivity (Wildman–Crippen MR) is 74.7 cm³/mol. The van der Waals surface area contributed by atoms with Crippen molar-refractivity contribution in [3.8, 4) is 22.5 Å². The van der Waals surface area contributed by atoms with Crippen molar-refractivity contribution in [2.24, 2.45) is 0 Å². The van der Waals surface area contributed by atoms with Crippen molar-refractivity contribution in [1.82, 2.24) is 10.1 Å². The molecule has 0 saturated carbocycles. The fraction of sp³-hybridized carbons (Fsp3) is 0.0667. The number of rotatable bonds is 3. The molecule has 0 atom stereocenters. The fourth-order valence-corrected chi connectivity index (χ4v) is 1.98. The van der Waals surface area contributed by atoms with Crippen LogP contribution in [0.5, 0.6) is 0 Å². The highest BCUT2D eigenvalue weighted by molar-refractivity contribution is 6.16. The molecule has 0 radical (unpaired) electrons. The predicted octanol–water partition coefficient (Wildman–Crippen LogP) is 4.14. The van der Waals surface area contributed by atoms with Gasteiger partial charge in [0.05, 0.1) is 0 Å². The second kappa shape index (κ2) is 5.24. The molecule has 0 spiro atoms. The maximum atomic E-state index is 5.64. The van der Waals surface area contributed by atoms with E-state index in [1.165, 1.54) is 5.56 Å². The molecule has 94 valence electrons. The average molecular weight is 271 g/mol. The van der Waals surface area contributed by atoms with E-state index in [0.29, 0.717) is 11.7 Å². The van der Waals surface area contributed by atoms with Crippen LogP contribution < -0.4 is 0 Å². The summed E-state index contributed by atoms with van der Waals surface area (Å²) < 4.78 is 4.99. The normalized spacial score (nSPS) is 10.6. The summed E-state index contributed by atoms with van der Waals surface area (Å²) in [5, 5.41) is 3.89. The molecule has 1 aromatic heterocycles. The first-order chi connectivity index (χ1) is 9.36. The van der Waals surface area contributed by atoms with E-state index in [1.54, 1.807) is 0 Å². The number of nitrogens with zero attached hydrogens (tertiary/aromatic N) is 2. The van der Waals surface area contributed by atoms with Gasteiger partial charge < -0.3 is 4.52 Å². The molecule has 1 heterocycles. The van der Waals surface area contributed by atoms with Gasteiger partial charge in [0.1, 0.15) is 5.88 Å². The van der Waals surface area contributed by atoms with Gasteiger partial charge in [-0.25, -0.2) is 0 Å². The monoisotopic (exact) mass is 270 g/mol. The minimum Gasteiger partial charge on any atom is -0.338 e. The average Bonchev–Trinajstić information content (AvgIpc) is 2.97. The zero-order valence-electron chi connectivity index (χ0n) is 10.1. The van der Waals surface area contributed by atoms with Crippen LogP contribution in [-0.4, -0.2) is 10.1 Å². The maximum Gasteiger partial charge on any atom is 0.241 e. The molecule has 0 aliphatic heterocycles. The van der Waals surface area contributed by atoms with Crippen molar-refractivity contribution >= 4 is 11.6 Å². The third kappa shape index (κ3) is 2.51. The molecule has 0 unspecified atom stereocenters. The Morgan fingerprint density at radius 2 is 1.47 bits per heavy atom. The van der Waals surface area contributed by atoms with Gasteiger partial charge in [-0.2, -0.15) is 4.98 Å². The second-order valence-corrected chi connectivity index (χ2v) is 4.36. The van der Waals surface area contributed by atoms with Crippen molar-refractivity contribution in [3.63, 3.8) is 0 Å². The number of hydrogen-bond donors (Lipinski definition) is 0. The standard InChI is InChI=1S/C15H11ClN2O/c16-10-14-17-15(18-19-14)13-8-6-12(7-9-13)11-4-2-1-3-5-11/h1-9H,10H2. The summed E-state index contributed by atoms with van der Waals surface area (Å²) >= 11 is 5.64. The molecular weight excluding hydrogens is 260 g/mol. The van der Waals surface area contributed by atoms with Crippen LogP contribution in [0.25, 0.3) is 22.5 Å². The van der Waals surface area contributed by atoms with Gasteiger partial charge in [-0.05, 0) is 11.1 Å². The quantitative estimate of drug-likeness (QED) is 0.671. The molecule has 0 N–H and O–H groups in total. The van der Waals surface area contributed by atoms with Gasteiger partial charge in [-0.3, -0.25) is 0 Å². The van der Waals surface area contributed by atoms with Crippen LogP contribution in [0.15, 0.2) is 59.1 Å². The summed E-state index contributed by atoms with van der Waals surface area (Å²) in [6, 6.07) is 18.2. The van der Waals surface area contributed by atoms with E-state index in [9.17, 15) is 0 Å². The van der Waals surface area contributed by atoms with Gasteiger partial charge >= 0.3 is 0 Å². The van der Waals surface area contributed by atoms with Crippen LogP contribution in [0, 0.1) is 0 Å². The molecule has 3 rings (SSSR count). The van der Waals surface area contributed by atoms with Crippen LogP contribution in [0.3, 0.4) is 0 Å². The molecule has 4 heteroatoms. The van der Waals surface area contributed by atoms with Crippen LogP contribution >= 0.6 is 11.6 Å². The highest BCUT2D eigenvalue weighted by Crippen LogP contribution is 2.23. The highest BCUT2D eigenvalue weighted by atomic mass is 35.5. The minimum absolute atomic E-state index is 0.231. The number of halogens is 1. The Morgan fingerprint density at radius 3 is 2.11 bits per heavy atom. The molecule has 0 fully saturated rings. The number of hydrogen-bond acceptors (Lipinski definition) is 3. The lowest BCUT2D eigenvalue weighted by molar-refractivity contribution is 0.391. The number of alkyl halides is 1. The van der Waals surface area contributed by atoms with E-state index in [-0.39, 0.29) is 5.88 Å². The molecule has 2 aromatic carbocycles. The number of aromatic nitrogens is 2. The lowest BCUT2D eigenvalue weighted by Crippen LogP contribution is -1.82. The van der Waals surface area contributed by atoms with Crippen molar-refractivity contribution in [2.45, 2.75) is 5.88 Å². The second-order valence-electron chi connectivity index (χ2n) is 4.09. The molecule has 3 nitrogen and oxygen atoms in total. The Morgan fingerprint density at radius 1 is 0.842 bits per heavy atom. The maximum absolute atomic E-state index is 5.64. The van der Waals surface area contributed by atoms with E-state index in [0.717, 1.165) is 11.1 Å². The van der Waals surface area contributed by atoms with Crippen LogP contribution in [0.1, 0.15) is 5.89 Å². The van der Waals surface area contributed by atoms with Crippen LogP contribution in [0.4, 0.5) is 0 Å². The van der Waals surface area contributed by atoms with Crippen LogP contribution in [-0.2, 0) is 5.88 Å². The summed E-state index contributed by atoms with van der Waals surface area (Å²) in [6.07, 6.45) is 0. The molecule has 0 saturated heterocycles. The molecule has 0 aliphatic rings. The van der Waals surface area contributed by atoms with E-state index in [2.05, 4.69) is 22.3 Å². The van der Waals surface area contributed by atoms with E-state index in [1.807, 2.05) is 42.5 Å². The minimum atomic E-state index is 0.231. The molecule has 0 aliphatic carbocycles. The molecule has 0 amide bonds. The lowest BCUT2D eigenvalue weighted by Gasteiger charge is -2.01. The Hall–Kier alpha value is -2.13. The zero-order chi connectivity index (χ0) is 13.1. The van der Waals surface area contributed by atoms with E-state index in [4.69, 9.17) is 16.1 Å². The van der Waals surface area contributed by atoms with Crippen molar-refractivity contribution in [3.05, 3.63) is 60.5 Å². The first kappa shape index (κ1) is 11.9. The van der Waals surface area contributed by atoms with Gasteiger partial charge in [0.2, 0.25) is 11.7 Å². The Bertz CT molecular complexity index is 662. The zero-order valence-corrected chi connectivity index (χ0v) is 10.8. The first-order valence-corrected chi connectivity index (χ1v) is 6.44.